The van der Waals surface area contributed by atoms with Gasteiger partial charge >= 0.3 is 16.4 Å². The molecular formula is C7H13N3O7S. The number of nitrogens with zero attached hydrogens (tertiary/aromatic N) is 2. The molecule has 2 saturated heterocycles. The van der Waals surface area contributed by atoms with Crippen LogP contribution in [0.2, 0.25) is 0 Å². The van der Waals surface area contributed by atoms with Crippen molar-refractivity contribution in [2.45, 2.75) is 24.9 Å². The molecule has 2 fully saturated rings. The van der Waals surface area contributed by atoms with E-state index in [1.807, 2.05) is 0 Å². The maximum Gasteiger partial charge on any atom is 0.418 e. The fraction of sp³-hybridized carbons (Fsp3) is 0.714. The number of hydroxylamine groups is 2. The molecule has 10 nitrogen and oxygen atoms in total. The molecule has 0 aromatic rings. The highest BCUT2D eigenvalue weighted by atomic mass is 32.3. The molecule has 0 aromatic carbocycles. The van der Waals surface area contributed by atoms with Crippen molar-refractivity contribution in [1.29, 1.82) is 0 Å². The number of fused-ring (bicyclic) bond motifs is 2. The monoisotopic (exact) mass is 283 g/mol. The molecule has 1 unspecified atom stereocenters. The Kier molecular flexibility index (Phi) is 3.81. The summed E-state index contributed by atoms with van der Waals surface area (Å²) < 4.78 is 33.8. The first-order valence-corrected chi connectivity index (χ1v) is 6.22. The molecule has 3 amide bonds. The number of hydrogen-bond donors (Lipinski definition) is 2. The lowest BCUT2D eigenvalue weighted by molar-refractivity contribution is -0.122. The van der Waals surface area contributed by atoms with Crippen LogP contribution in [0.25, 0.3) is 0 Å². The fourth-order valence-corrected chi connectivity index (χ4v) is 2.52. The van der Waals surface area contributed by atoms with Crippen LogP contribution >= 0.6 is 0 Å². The van der Waals surface area contributed by atoms with Crippen molar-refractivity contribution in [3.8, 4) is 0 Å². The lowest BCUT2D eigenvalue weighted by Gasteiger charge is -2.27. The minimum Gasteiger partial charge on any atom is -0.412 e. The summed E-state index contributed by atoms with van der Waals surface area (Å²) in [5.41, 5.74) is 5.13. The van der Waals surface area contributed by atoms with Crippen LogP contribution < -0.4 is 5.73 Å². The van der Waals surface area contributed by atoms with Gasteiger partial charge in [0.2, 0.25) is 5.91 Å². The predicted octanol–water partition coefficient (Wildman–Crippen LogP) is -2.35. The Bertz CT molecular complexity index is 464. The molecule has 0 radical (unpaired) electrons. The Hall–Kier alpha value is -1.43. The Morgan fingerprint density at radius 1 is 1.44 bits per heavy atom. The summed E-state index contributed by atoms with van der Waals surface area (Å²) in [6.45, 7) is 0.155. The smallest absolute Gasteiger partial charge is 0.412 e. The molecule has 2 aliphatic heterocycles. The van der Waals surface area contributed by atoms with Gasteiger partial charge in [0.05, 0.1) is 6.04 Å². The Balaban J connectivity index is 0.00000162. The molecule has 0 spiro atoms. The van der Waals surface area contributed by atoms with Gasteiger partial charge in [-0.3, -0.25) is 9.35 Å². The van der Waals surface area contributed by atoms with Gasteiger partial charge in [0.15, 0.2) is 0 Å². The molecule has 11 heteroatoms. The summed E-state index contributed by atoms with van der Waals surface area (Å²) in [5, 5.41) is 0.568. The number of rotatable bonds is 3. The first-order chi connectivity index (χ1) is 7.79. The first-order valence-electron chi connectivity index (χ1n) is 4.86. The zero-order valence-electron chi connectivity index (χ0n) is 9.14. The molecule has 2 aliphatic rings. The van der Waals surface area contributed by atoms with Crippen LogP contribution in [0.5, 0.6) is 0 Å². The van der Waals surface area contributed by atoms with E-state index in [9.17, 15) is 18.0 Å². The summed E-state index contributed by atoms with van der Waals surface area (Å²) in [5.74, 6) is -0.648. The number of amides is 3. The van der Waals surface area contributed by atoms with Gasteiger partial charge in [-0.2, -0.15) is 13.5 Å². The van der Waals surface area contributed by atoms with E-state index in [0.717, 1.165) is 4.90 Å². The van der Waals surface area contributed by atoms with Crippen LogP contribution in [0.1, 0.15) is 12.8 Å². The Morgan fingerprint density at radius 2 is 2.06 bits per heavy atom. The van der Waals surface area contributed by atoms with Crippen LogP contribution in [0.4, 0.5) is 4.79 Å². The van der Waals surface area contributed by atoms with Gasteiger partial charge < -0.3 is 16.1 Å². The second kappa shape index (κ2) is 4.68. The maximum absolute atomic E-state index is 11.7. The van der Waals surface area contributed by atoms with E-state index in [1.165, 1.54) is 0 Å². The average Bonchev–Trinajstić information content (AvgIpc) is 2.42. The molecule has 2 atom stereocenters. The van der Waals surface area contributed by atoms with Crippen molar-refractivity contribution >= 4 is 22.3 Å². The van der Waals surface area contributed by atoms with Crippen molar-refractivity contribution in [3.63, 3.8) is 0 Å². The SMILES string of the molecule is NC(=O)C1CC[C@@H]2CN1C(=O)N2OS(=O)(=O)O.O. The van der Waals surface area contributed by atoms with E-state index < -0.39 is 34.4 Å². The quantitative estimate of drug-likeness (QED) is 0.551. The minimum absolute atomic E-state index is 0. The van der Waals surface area contributed by atoms with Gasteiger partial charge in [-0.1, -0.05) is 0 Å². The largest absolute Gasteiger partial charge is 0.418 e. The highest BCUT2D eigenvalue weighted by molar-refractivity contribution is 7.80. The van der Waals surface area contributed by atoms with Crippen LogP contribution in [0, 0.1) is 0 Å². The molecule has 2 heterocycles. The summed E-state index contributed by atoms with van der Waals surface area (Å²) in [6.07, 6.45) is 0.725. The van der Waals surface area contributed by atoms with E-state index in [0.29, 0.717) is 17.9 Å². The van der Waals surface area contributed by atoms with Gasteiger partial charge in [0.1, 0.15) is 6.04 Å². The number of urea groups is 1. The summed E-state index contributed by atoms with van der Waals surface area (Å²) in [6, 6.07) is -2.04. The van der Waals surface area contributed by atoms with Gasteiger partial charge in [-0.05, 0) is 12.8 Å². The van der Waals surface area contributed by atoms with Gasteiger partial charge in [0.25, 0.3) is 0 Å². The van der Waals surface area contributed by atoms with E-state index >= 15 is 0 Å². The van der Waals surface area contributed by atoms with Crippen LogP contribution in [0.15, 0.2) is 0 Å². The topological polar surface area (TPSA) is 162 Å². The second-order valence-electron chi connectivity index (χ2n) is 3.91. The van der Waals surface area contributed by atoms with Crippen LogP contribution in [-0.2, 0) is 19.5 Å². The number of primary amides is 1. The standard InChI is InChI=1S/C7H11N3O6S.H2O/c8-6(11)5-2-1-4-3-9(5)7(12)10(4)16-17(13,14)15;/h4-5H,1-3H2,(H2,8,11)(H,13,14,15);1H2/t4-,5?;/m1./s1. The van der Waals surface area contributed by atoms with Crippen molar-refractivity contribution in [1.82, 2.24) is 9.96 Å². The van der Waals surface area contributed by atoms with E-state index in [-0.39, 0.29) is 12.0 Å². The minimum atomic E-state index is -4.75. The molecule has 5 N–H and O–H groups in total. The lowest BCUT2D eigenvalue weighted by Crippen LogP contribution is -2.47. The van der Waals surface area contributed by atoms with Crippen molar-refractivity contribution in [2.75, 3.05) is 6.54 Å². The van der Waals surface area contributed by atoms with Crippen molar-refractivity contribution in [3.05, 3.63) is 0 Å². The normalized spacial score (nSPS) is 27.1. The van der Waals surface area contributed by atoms with Crippen LogP contribution in [0.3, 0.4) is 0 Å². The van der Waals surface area contributed by atoms with Crippen molar-refractivity contribution in [2.24, 2.45) is 5.73 Å². The summed E-state index contributed by atoms with van der Waals surface area (Å²) in [7, 11) is -4.75. The highest BCUT2D eigenvalue weighted by Gasteiger charge is 2.48. The summed E-state index contributed by atoms with van der Waals surface area (Å²) in [4.78, 5) is 23.9. The zero-order chi connectivity index (χ0) is 12.8. The number of nitrogens with two attached hydrogens (primary N) is 1. The number of hydrogen-bond acceptors (Lipinski definition) is 5. The number of piperidine rings is 1. The predicted molar refractivity (Wildman–Crippen MR) is 56.2 cm³/mol. The number of carbonyl (C=O) groups excluding carboxylic acids is 2. The highest BCUT2D eigenvalue weighted by Crippen LogP contribution is 2.30. The molecule has 0 aliphatic carbocycles. The molecule has 0 saturated carbocycles. The first kappa shape index (κ1) is 14.6. The molecule has 2 rings (SSSR count). The van der Waals surface area contributed by atoms with E-state index in [2.05, 4.69) is 4.28 Å². The van der Waals surface area contributed by atoms with Gasteiger partial charge in [-0.15, -0.1) is 4.28 Å². The summed E-state index contributed by atoms with van der Waals surface area (Å²) >= 11 is 0. The Labute approximate surface area is 102 Å². The third kappa shape index (κ3) is 2.53. The lowest BCUT2D eigenvalue weighted by atomic mass is 10.0. The third-order valence-electron chi connectivity index (χ3n) is 2.83. The van der Waals surface area contributed by atoms with Crippen LogP contribution in [-0.4, -0.2) is 59.0 Å². The van der Waals surface area contributed by atoms with Gasteiger partial charge in [-0.25, -0.2) is 4.79 Å². The molecular weight excluding hydrogens is 270 g/mol. The van der Waals surface area contributed by atoms with Gasteiger partial charge in [0, 0.05) is 6.54 Å². The molecule has 0 aromatic heterocycles. The maximum atomic E-state index is 11.7. The van der Waals surface area contributed by atoms with E-state index in [4.69, 9.17) is 10.3 Å². The van der Waals surface area contributed by atoms with Crippen molar-refractivity contribution < 1.29 is 32.3 Å². The molecule has 2 bridgehead atoms. The Morgan fingerprint density at radius 3 is 2.56 bits per heavy atom. The third-order valence-corrected chi connectivity index (χ3v) is 3.17. The second-order valence-corrected chi connectivity index (χ2v) is 4.92. The van der Waals surface area contributed by atoms with E-state index in [1.54, 1.807) is 0 Å². The fourth-order valence-electron chi connectivity index (χ4n) is 2.13. The molecule has 18 heavy (non-hydrogen) atoms. The average molecular weight is 283 g/mol. The number of carbonyl (C=O) groups is 2. The zero-order valence-corrected chi connectivity index (χ0v) is 9.96. The molecule has 104 valence electrons.